The highest BCUT2D eigenvalue weighted by molar-refractivity contribution is 6.12. The fraction of sp³-hybridized carbons (Fsp3) is 0.396. The third-order valence-corrected chi connectivity index (χ3v) is 11.7. The molecule has 0 spiro atoms. The molecular formula is C48H57N7O7. The first-order valence-corrected chi connectivity index (χ1v) is 21.5. The average molecular weight is 844 g/mol. The second-order valence-corrected chi connectivity index (χ2v) is 16.2. The first kappa shape index (κ1) is 43.7. The lowest BCUT2D eigenvalue weighted by Crippen LogP contribution is -2.47. The molecule has 0 atom stereocenters. The Morgan fingerprint density at radius 1 is 0.839 bits per heavy atom. The molecule has 0 aliphatic carbocycles. The van der Waals surface area contributed by atoms with E-state index in [4.69, 9.17) is 19.2 Å². The molecule has 14 heteroatoms. The number of fused-ring (bicyclic) bond motifs is 1. The van der Waals surface area contributed by atoms with Crippen molar-refractivity contribution < 1.29 is 33.4 Å². The number of H-pyrrole nitrogens is 1. The zero-order valence-electron chi connectivity index (χ0n) is 36.2. The number of rotatable bonds is 15. The number of aryl methyl sites for hydroxylation is 1. The number of ether oxygens (including phenoxy) is 3. The van der Waals surface area contributed by atoms with Gasteiger partial charge in [0.2, 0.25) is 5.91 Å². The predicted molar refractivity (Wildman–Crippen MR) is 239 cm³/mol. The van der Waals surface area contributed by atoms with E-state index in [1.165, 1.54) is 7.11 Å². The van der Waals surface area contributed by atoms with Crippen molar-refractivity contribution in [3.8, 4) is 11.5 Å². The molecular weight excluding hydrogens is 787 g/mol. The minimum absolute atomic E-state index is 0.0858. The van der Waals surface area contributed by atoms with Gasteiger partial charge in [-0.25, -0.2) is 9.78 Å². The van der Waals surface area contributed by atoms with Crippen molar-refractivity contribution in [2.45, 2.75) is 58.0 Å². The molecule has 2 fully saturated rings. The Hall–Kier alpha value is -6.41. The molecule has 0 unspecified atom stereocenters. The third-order valence-electron chi connectivity index (χ3n) is 11.7. The van der Waals surface area contributed by atoms with Crippen molar-refractivity contribution in [2.75, 3.05) is 77.3 Å². The Kier molecular flexibility index (Phi) is 14.4. The number of benzene rings is 4. The molecule has 1 aromatic heterocycles. The van der Waals surface area contributed by atoms with Gasteiger partial charge in [-0.05, 0) is 99.7 Å². The summed E-state index contributed by atoms with van der Waals surface area (Å²) in [4.78, 5) is 68.8. The molecule has 0 bridgehead atoms. The largest absolute Gasteiger partial charge is 0.495 e. The molecule has 0 saturated carbocycles. The van der Waals surface area contributed by atoms with Crippen LogP contribution in [0.4, 0.5) is 16.2 Å². The Balaban J connectivity index is 0.935. The van der Waals surface area contributed by atoms with E-state index < -0.39 is 0 Å². The molecule has 326 valence electrons. The van der Waals surface area contributed by atoms with Gasteiger partial charge in [0.1, 0.15) is 29.4 Å². The minimum Gasteiger partial charge on any atom is -0.495 e. The summed E-state index contributed by atoms with van der Waals surface area (Å²) in [6, 6.07) is 25.7. The van der Waals surface area contributed by atoms with Gasteiger partial charge in [-0.15, -0.1) is 0 Å². The van der Waals surface area contributed by atoms with Crippen molar-refractivity contribution in [3.63, 3.8) is 0 Å². The number of aromatic amines is 1. The van der Waals surface area contributed by atoms with Gasteiger partial charge in [-0.2, -0.15) is 0 Å². The van der Waals surface area contributed by atoms with Crippen LogP contribution in [0.3, 0.4) is 0 Å². The fourth-order valence-corrected chi connectivity index (χ4v) is 7.96. The number of piperidine rings is 1. The molecule has 14 nitrogen and oxygen atoms in total. The van der Waals surface area contributed by atoms with Gasteiger partial charge in [-0.3, -0.25) is 14.4 Å². The molecule has 0 radical (unpaired) electrons. The molecule has 2 saturated heterocycles. The summed E-state index contributed by atoms with van der Waals surface area (Å²) in [5, 5.41) is 2.96. The van der Waals surface area contributed by atoms with E-state index in [1.807, 2.05) is 66.4 Å². The average Bonchev–Trinajstić information content (AvgIpc) is 3.74. The number of nitrogens with zero attached hydrogens (tertiary/aromatic N) is 5. The number of unbranched alkanes of at least 4 members (excludes halogenated alkanes) is 2. The number of aromatic nitrogens is 2. The normalized spacial score (nSPS) is 14.7. The quantitative estimate of drug-likeness (QED) is 0.101. The van der Waals surface area contributed by atoms with E-state index in [2.05, 4.69) is 22.2 Å². The summed E-state index contributed by atoms with van der Waals surface area (Å²) >= 11 is 0. The maximum atomic E-state index is 13.9. The SMILES string of the molecule is COc1cc(C(=O)N(C)c2ccc(C)cc2OCCCCCC(=O)N2CCN(C)CC2)ccc1NC(=O)c1cccc2[nH]c(C3CCN(C(=O)OCc4ccccc4)CC3)nc12. The number of anilines is 2. The smallest absolute Gasteiger partial charge is 0.410 e. The number of hydrogen-bond donors (Lipinski definition) is 2. The first-order valence-electron chi connectivity index (χ1n) is 21.5. The van der Waals surface area contributed by atoms with E-state index in [-0.39, 0.29) is 36.3 Å². The van der Waals surface area contributed by atoms with Crippen molar-refractivity contribution >= 4 is 46.2 Å². The summed E-state index contributed by atoms with van der Waals surface area (Å²) in [5.41, 5.74) is 5.02. The van der Waals surface area contributed by atoms with Gasteiger partial charge >= 0.3 is 6.09 Å². The molecule has 2 aliphatic rings. The van der Waals surface area contributed by atoms with Crippen LogP contribution in [0.2, 0.25) is 0 Å². The van der Waals surface area contributed by atoms with Gasteiger partial charge in [0.05, 0.1) is 36.2 Å². The number of para-hydroxylation sites is 1. The first-order chi connectivity index (χ1) is 30.1. The summed E-state index contributed by atoms with van der Waals surface area (Å²) in [6.45, 7) is 7.17. The fourth-order valence-electron chi connectivity index (χ4n) is 7.96. The highest BCUT2D eigenvalue weighted by Crippen LogP contribution is 2.33. The van der Waals surface area contributed by atoms with Gasteiger partial charge in [0.25, 0.3) is 11.8 Å². The number of imidazole rings is 1. The van der Waals surface area contributed by atoms with E-state index in [1.54, 1.807) is 47.2 Å². The van der Waals surface area contributed by atoms with Crippen LogP contribution >= 0.6 is 0 Å². The number of amides is 4. The number of hydrogen-bond acceptors (Lipinski definition) is 9. The lowest BCUT2D eigenvalue weighted by molar-refractivity contribution is -0.132. The van der Waals surface area contributed by atoms with Crippen LogP contribution in [0, 0.1) is 6.92 Å². The second-order valence-electron chi connectivity index (χ2n) is 16.2. The molecule has 4 amide bonds. The Labute approximate surface area is 363 Å². The molecule has 4 aromatic carbocycles. The van der Waals surface area contributed by atoms with Gasteiger partial charge in [0, 0.05) is 64.2 Å². The molecule has 5 aromatic rings. The van der Waals surface area contributed by atoms with Crippen molar-refractivity contribution in [2.24, 2.45) is 0 Å². The van der Waals surface area contributed by atoms with E-state index in [0.29, 0.717) is 78.5 Å². The molecule has 7 rings (SSSR count). The zero-order valence-corrected chi connectivity index (χ0v) is 36.2. The highest BCUT2D eigenvalue weighted by atomic mass is 16.6. The van der Waals surface area contributed by atoms with Crippen LogP contribution in [-0.4, -0.2) is 116 Å². The second kappa shape index (κ2) is 20.4. The van der Waals surface area contributed by atoms with E-state index in [0.717, 1.165) is 67.9 Å². The predicted octanol–water partition coefficient (Wildman–Crippen LogP) is 7.64. The van der Waals surface area contributed by atoms with Crippen LogP contribution in [0.15, 0.2) is 84.9 Å². The summed E-state index contributed by atoms with van der Waals surface area (Å²) in [5.74, 6) is 1.36. The van der Waals surface area contributed by atoms with E-state index in [9.17, 15) is 19.2 Å². The number of nitrogens with one attached hydrogen (secondary N) is 2. The van der Waals surface area contributed by atoms with Gasteiger partial charge < -0.3 is 44.1 Å². The Morgan fingerprint density at radius 2 is 1.61 bits per heavy atom. The lowest BCUT2D eigenvalue weighted by Gasteiger charge is -2.32. The van der Waals surface area contributed by atoms with Crippen molar-refractivity contribution in [3.05, 3.63) is 113 Å². The van der Waals surface area contributed by atoms with Gasteiger partial charge in [-0.1, -0.05) is 42.5 Å². The Bertz CT molecular complexity index is 2350. The number of piperazine rings is 1. The monoisotopic (exact) mass is 843 g/mol. The molecule has 62 heavy (non-hydrogen) atoms. The maximum absolute atomic E-state index is 13.9. The number of methoxy groups -OCH3 is 1. The number of likely N-dealkylation sites (N-methyl/N-ethyl adjacent to an activating group) is 1. The van der Waals surface area contributed by atoms with E-state index >= 15 is 0 Å². The number of carbonyl (C=O) groups excluding carboxylic acids is 4. The molecule has 2 N–H and O–H groups in total. The van der Waals surface area contributed by atoms with Crippen LogP contribution in [0.5, 0.6) is 11.5 Å². The highest BCUT2D eigenvalue weighted by Gasteiger charge is 2.28. The molecule has 3 heterocycles. The maximum Gasteiger partial charge on any atom is 0.410 e. The van der Waals surface area contributed by atoms with Crippen LogP contribution < -0.4 is 19.7 Å². The summed E-state index contributed by atoms with van der Waals surface area (Å²) in [7, 11) is 5.28. The van der Waals surface area contributed by atoms with Crippen molar-refractivity contribution in [1.29, 1.82) is 0 Å². The van der Waals surface area contributed by atoms with Crippen LogP contribution in [0.25, 0.3) is 11.0 Å². The third kappa shape index (κ3) is 10.7. The van der Waals surface area contributed by atoms with Crippen LogP contribution in [-0.2, 0) is 16.1 Å². The van der Waals surface area contributed by atoms with Crippen LogP contribution in [0.1, 0.15) is 82.1 Å². The van der Waals surface area contributed by atoms with Gasteiger partial charge in [0.15, 0.2) is 0 Å². The molecule has 2 aliphatic heterocycles. The lowest BCUT2D eigenvalue weighted by atomic mass is 9.96. The zero-order chi connectivity index (χ0) is 43.6. The summed E-state index contributed by atoms with van der Waals surface area (Å²) in [6.07, 6.45) is 4.10. The number of carbonyl (C=O) groups is 4. The number of likely N-dealkylation sites (tertiary alicyclic amines) is 1. The summed E-state index contributed by atoms with van der Waals surface area (Å²) < 4.78 is 17.4. The Morgan fingerprint density at radius 3 is 2.37 bits per heavy atom. The topological polar surface area (TPSA) is 150 Å². The standard InChI is InChI=1S/C48H57N7O7/c1-33-17-20-40(42(30-33)61-29-10-6-9-16-43(56)54-27-25-52(2)26-28-54)53(3)47(58)36-18-19-38(41(31-36)60-4)50-46(57)37-14-11-15-39-44(37)51-45(49-39)35-21-23-55(24-22-35)48(59)62-32-34-12-7-5-8-13-34/h5,7-8,11-15,17-20,30-31,35H,6,9-10,16,21-29,32H2,1-4H3,(H,49,51)(H,50,57). The van der Waals surface area contributed by atoms with Crippen molar-refractivity contribution in [1.82, 2.24) is 24.7 Å². The minimum atomic E-state index is -0.373.